The van der Waals surface area contributed by atoms with E-state index >= 15 is 0 Å². The molecule has 0 bridgehead atoms. The summed E-state index contributed by atoms with van der Waals surface area (Å²) < 4.78 is 1.83. The first-order chi connectivity index (χ1) is 17.3. The fourth-order valence-electron chi connectivity index (χ4n) is 3.83. The van der Waals surface area contributed by atoms with Crippen LogP contribution in [-0.4, -0.2) is 21.8 Å². The number of hydrogen-bond donors (Lipinski definition) is 2. The molecule has 182 valence electrons. The number of benzene rings is 3. The van der Waals surface area contributed by atoms with Crippen molar-refractivity contribution in [1.29, 1.82) is 0 Å². The molecule has 0 saturated heterocycles. The minimum Gasteiger partial charge on any atom is -0.298 e. The van der Waals surface area contributed by atoms with Crippen LogP contribution >= 0.6 is 22.7 Å². The highest BCUT2D eigenvalue weighted by Gasteiger charge is 2.15. The van der Waals surface area contributed by atoms with E-state index in [1.165, 1.54) is 33.8 Å². The van der Waals surface area contributed by atoms with Crippen LogP contribution in [0.15, 0.2) is 60.7 Å². The molecule has 2 amide bonds. The van der Waals surface area contributed by atoms with Crippen LogP contribution in [0, 0.1) is 0 Å². The number of thiazole rings is 2. The topological polar surface area (TPSA) is 84.0 Å². The van der Waals surface area contributed by atoms with E-state index < -0.39 is 0 Å². The van der Waals surface area contributed by atoms with Crippen LogP contribution in [0.25, 0.3) is 20.4 Å². The van der Waals surface area contributed by atoms with E-state index in [1.807, 2.05) is 60.7 Å². The van der Waals surface area contributed by atoms with Crippen LogP contribution in [0.5, 0.6) is 0 Å². The number of fused-ring (bicyclic) bond motifs is 2. The Morgan fingerprint density at radius 1 is 0.639 bits per heavy atom. The molecule has 2 N–H and O–H groups in total. The second-order valence-electron chi connectivity index (χ2n) is 9.29. The lowest BCUT2D eigenvalue weighted by molar-refractivity contribution is 0.101. The summed E-state index contributed by atoms with van der Waals surface area (Å²) in [6.45, 7) is 8.49. The molecule has 0 atom stereocenters. The van der Waals surface area contributed by atoms with Crippen molar-refractivity contribution in [3.05, 3.63) is 82.9 Å². The number of carbonyl (C=O) groups is 2. The van der Waals surface area contributed by atoms with Crippen LogP contribution in [0.1, 0.15) is 71.4 Å². The van der Waals surface area contributed by atoms with E-state index in [-0.39, 0.29) is 11.8 Å². The van der Waals surface area contributed by atoms with Gasteiger partial charge in [0.1, 0.15) is 0 Å². The molecule has 0 aliphatic carbocycles. The molecule has 0 aliphatic heterocycles. The number of hydrogen-bond acceptors (Lipinski definition) is 6. The molecule has 5 aromatic rings. The molecular formula is C28H26N4O2S2. The Kier molecular flexibility index (Phi) is 6.55. The lowest BCUT2D eigenvalue weighted by Gasteiger charge is -2.06. The number of anilines is 2. The van der Waals surface area contributed by atoms with Crippen molar-refractivity contribution in [3.63, 3.8) is 0 Å². The first kappa shape index (κ1) is 24.1. The Morgan fingerprint density at radius 3 is 1.33 bits per heavy atom. The smallest absolute Gasteiger partial charge is 0.257 e. The zero-order valence-corrected chi connectivity index (χ0v) is 22.1. The van der Waals surface area contributed by atoms with Crippen LogP contribution in [0.2, 0.25) is 0 Å². The summed E-state index contributed by atoms with van der Waals surface area (Å²) in [4.78, 5) is 34.5. The van der Waals surface area contributed by atoms with Gasteiger partial charge in [0.15, 0.2) is 10.3 Å². The summed E-state index contributed by atoms with van der Waals surface area (Å²) in [7, 11) is 0. The fourth-order valence-corrected chi connectivity index (χ4v) is 5.59. The number of nitrogens with one attached hydrogen (secondary N) is 2. The molecule has 8 heteroatoms. The van der Waals surface area contributed by atoms with Gasteiger partial charge >= 0.3 is 0 Å². The second kappa shape index (κ2) is 9.79. The number of rotatable bonds is 6. The van der Waals surface area contributed by atoms with Gasteiger partial charge in [-0.3, -0.25) is 20.2 Å². The molecule has 3 aromatic carbocycles. The van der Waals surface area contributed by atoms with Crippen molar-refractivity contribution in [1.82, 2.24) is 9.97 Å². The van der Waals surface area contributed by atoms with E-state index in [0.717, 1.165) is 20.4 Å². The molecule has 0 radical (unpaired) electrons. The minimum atomic E-state index is -0.185. The highest BCUT2D eigenvalue weighted by molar-refractivity contribution is 7.23. The summed E-state index contributed by atoms with van der Waals surface area (Å²) in [6.07, 6.45) is 0. The Hall–Kier alpha value is -3.62. The lowest BCUT2D eigenvalue weighted by atomic mass is 10.0. The first-order valence-corrected chi connectivity index (χ1v) is 13.4. The van der Waals surface area contributed by atoms with E-state index in [0.29, 0.717) is 33.2 Å². The Bertz CT molecular complexity index is 1400. The highest BCUT2D eigenvalue weighted by atomic mass is 32.1. The Balaban J connectivity index is 1.31. The zero-order valence-electron chi connectivity index (χ0n) is 20.5. The predicted octanol–water partition coefficient (Wildman–Crippen LogP) is 7.66. The molecule has 0 fully saturated rings. The van der Waals surface area contributed by atoms with Gasteiger partial charge < -0.3 is 0 Å². The van der Waals surface area contributed by atoms with Gasteiger partial charge in [-0.25, -0.2) is 9.97 Å². The standard InChI is InChI=1S/C28H26N4O2S2/c1-15(2)17-5-9-19(10-6-17)25(33)31-27-29-21-13-24-22(14-23(21)35-27)30-28(36-24)32-26(34)20-11-7-18(8-12-20)16(3)4/h5-16H,1-4H3,(H,29,31,33)(H,30,32,34). The average Bonchev–Trinajstić information content (AvgIpc) is 3.43. The Labute approximate surface area is 217 Å². The number of nitrogens with zero attached hydrogens (tertiary/aromatic N) is 2. The molecule has 5 rings (SSSR count). The SMILES string of the molecule is CC(C)c1ccc(C(=O)Nc2nc3cc4sc(NC(=O)c5ccc(C(C)C)cc5)nc4cc3s2)cc1. The molecular weight excluding hydrogens is 488 g/mol. The number of amides is 2. The quantitative estimate of drug-likeness (QED) is 0.244. The van der Waals surface area contributed by atoms with Gasteiger partial charge in [-0.1, -0.05) is 74.6 Å². The van der Waals surface area contributed by atoms with Crippen LogP contribution in [0.4, 0.5) is 10.3 Å². The van der Waals surface area contributed by atoms with E-state index in [1.54, 1.807) is 0 Å². The van der Waals surface area contributed by atoms with Gasteiger partial charge in [0.25, 0.3) is 11.8 Å². The van der Waals surface area contributed by atoms with E-state index in [2.05, 4.69) is 48.3 Å². The van der Waals surface area contributed by atoms with E-state index in [4.69, 9.17) is 0 Å². The molecule has 0 aliphatic rings. The summed E-state index contributed by atoms with van der Waals surface area (Å²) in [5, 5.41) is 6.89. The van der Waals surface area contributed by atoms with Crippen LogP contribution in [-0.2, 0) is 0 Å². The highest BCUT2D eigenvalue weighted by Crippen LogP contribution is 2.34. The molecule has 0 spiro atoms. The molecule has 0 saturated carbocycles. The molecule has 2 heterocycles. The number of carbonyl (C=O) groups excluding carboxylic acids is 2. The summed E-state index contributed by atoms with van der Waals surface area (Å²) in [5.74, 6) is 0.462. The van der Waals surface area contributed by atoms with Gasteiger partial charge in [-0.15, -0.1) is 0 Å². The fraction of sp³-hybridized carbons (Fsp3) is 0.214. The summed E-state index contributed by atoms with van der Waals surface area (Å²) in [5.41, 5.74) is 5.14. The molecule has 6 nitrogen and oxygen atoms in total. The van der Waals surface area contributed by atoms with Crippen molar-refractivity contribution >= 4 is 65.2 Å². The molecule has 0 unspecified atom stereocenters. The van der Waals surface area contributed by atoms with Crippen molar-refractivity contribution in [2.24, 2.45) is 0 Å². The number of aromatic nitrogens is 2. The average molecular weight is 515 g/mol. The van der Waals surface area contributed by atoms with Gasteiger partial charge in [0.2, 0.25) is 0 Å². The summed E-state index contributed by atoms with van der Waals surface area (Å²) in [6, 6.07) is 19.2. The third kappa shape index (κ3) is 5.01. The maximum absolute atomic E-state index is 12.7. The first-order valence-electron chi connectivity index (χ1n) is 11.8. The normalized spacial score (nSPS) is 11.5. The van der Waals surface area contributed by atoms with Gasteiger partial charge in [0, 0.05) is 11.1 Å². The second-order valence-corrected chi connectivity index (χ2v) is 11.3. The Morgan fingerprint density at radius 2 is 1.00 bits per heavy atom. The van der Waals surface area contributed by atoms with Gasteiger partial charge in [0.05, 0.1) is 20.4 Å². The maximum Gasteiger partial charge on any atom is 0.257 e. The largest absolute Gasteiger partial charge is 0.298 e. The molecule has 2 aromatic heterocycles. The van der Waals surface area contributed by atoms with E-state index in [9.17, 15) is 9.59 Å². The third-order valence-electron chi connectivity index (χ3n) is 6.02. The molecule has 36 heavy (non-hydrogen) atoms. The third-order valence-corrected chi connectivity index (χ3v) is 7.88. The van der Waals surface area contributed by atoms with Crippen molar-refractivity contribution in [3.8, 4) is 0 Å². The lowest BCUT2D eigenvalue weighted by Crippen LogP contribution is -2.11. The van der Waals surface area contributed by atoms with Gasteiger partial charge in [-0.05, 0) is 59.4 Å². The summed E-state index contributed by atoms with van der Waals surface area (Å²) >= 11 is 2.80. The maximum atomic E-state index is 12.7. The van der Waals surface area contributed by atoms with Crippen molar-refractivity contribution in [2.75, 3.05) is 10.6 Å². The monoisotopic (exact) mass is 514 g/mol. The van der Waals surface area contributed by atoms with Crippen molar-refractivity contribution < 1.29 is 9.59 Å². The van der Waals surface area contributed by atoms with Crippen LogP contribution in [0.3, 0.4) is 0 Å². The minimum absolute atomic E-state index is 0.185. The van der Waals surface area contributed by atoms with Gasteiger partial charge in [-0.2, -0.15) is 0 Å². The van der Waals surface area contributed by atoms with Crippen LogP contribution < -0.4 is 10.6 Å². The zero-order chi connectivity index (χ0) is 25.4. The predicted molar refractivity (Wildman–Crippen MR) is 150 cm³/mol. The van der Waals surface area contributed by atoms with Crippen molar-refractivity contribution in [2.45, 2.75) is 39.5 Å².